The van der Waals surface area contributed by atoms with E-state index in [1.165, 1.54) is 32.1 Å². The number of benzene rings is 1. The summed E-state index contributed by atoms with van der Waals surface area (Å²) < 4.78 is 0. The van der Waals surface area contributed by atoms with Crippen LogP contribution in [-0.4, -0.2) is 11.1 Å². The number of aromatic carboxylic acids is 1. The third kappa shape index (κ3) is 4.08. The van der Waals surface area contributed by atoms with Crippen LogP contribution in [0.2, 0.25) is 0 Å². The van der Waals surface area contributed by atoms with Crippen molar-refractivity contribution in [2.45, 2.75) is 32.1 Å². The van der Waals surface area contributed by atoms with E-state index in [0.717, 1.165) is 0 Å². The molecule has 0 atom stereocenters. The second-order valence-electron chi connectivity index (χ2n) is 3.44. The summed E-state index contributed by atoms with van der Waals surface area (Å²) >= 11 is 0. The van der Waals surface area contributed by atoms with Crippen LogP contribution < -0.4 is 0 Å². The van der Waals surface area contributed by atoms with Crippen molar-refractivity contribution in [3.8, 4) is 0 Å². The second kappa shape index (κ2) is 6.19. The van der Waals surface area contributed by atoms with Gasteiger partial charge in [0.05, 0.1) is 5.56 Å². The number of rotatable bonds is 1. The number of carboxylic acids is 1. The van der Waals surface area contributed by atoms with Crippen molar-refractivity contribution in [3.05, 3.63) is 35.9 Å². The standard InChI is InChI=1S/C7H6O2.C5H10/c8-7(9)6-4-2-1-3-5-6;1-2-4-5-3-1/h1-5H,(H,8,9);1-5H2. The molecule has 2 nitrogen and oxygen atoms in total. The SMILES string of the molecule is C1CCCC1.O=C(O)c1ccccc1. The lowest BCUT2D eigenvalue weighted by Crippen LogP contribution is -1.93. The minimum Gasteiger partial charge on any atom is -0.478 e. The molecule has 0 saturated heterocycles. The molecule has 0 bridgehead atoms. The monoisotopic (exact) mass is 192 g/mol. The van der Waals surface area contributed by atoms with Gasteiger partial charge in [0.2, 0.25) is 0 Å². The summed E-state index contributed by atoms with van der Waals surface area (Å²) in [5, 5.41) is 8.38. The topological polar surface area (TPSA) is 37.3 Å². The van der Waals surface area contributed by atoms with Crippen molar-refractivity contribution in [2.75, 3.05) is 0 Å². The molecule has 1 aliphatic carbocycles. The van der Waals surface area contributed by atoms with Crippen LogP contribution in [0, 0.1) is 0 Å². The van der Waals surface area contributed by atoms with Crippen molar-refractivity contribution < 1.29 is 9.90 Å². The molecule has 2 heteroatoms. The maximum atomic E-state index is 10.2. The fraction of sp³-hybridized carbons (Fsp3) is 0.417. The van der Waals surface area contributed by atoms with Gasteiger partial charge in [0.1, 0.15) is 0 Å². The molecule has 1 N–H and O–H groups in total. The van der Waals surface area contributed by atoms with Gasteiger partial charge in [-0.3, -0.25) is 0 Å². The molecule has 0 aromatic heterocycles. The Bertz CT molecular complexity index is 255. The number of carbonyl (C=O) groups is 1. The van der Waals surface area contributed by atoms with E-state index in [-0.39, 0.29) is 0 Å². The highest BCUT2D eigenvalue weighted by Gasteiger charge is 1.96. The Labute approximate surface area is 84.6 Å². The summed E-state index contributed by atoms with van der Waals surface area (Å²) in [6.07, 6.45) is 7.50. The molecule has 0 amide bonds. The summed E-state index contributed by atoms with van der Waals surface area (Å²) in [6.45, 7) is 0. The predicted octanol–water partition coefficient (Wildman–Crippen LogP) is 3.34. The van der Waals surface area contributed by atoms with Gasteiger partial charge in [0.25, 0.3) is 0 Å². The summed E-state index contributed by atoms with van der Waals surface area (Å²) in [5.74, 6) is -0.879. The van der Waals surface area contributed by atoms with Gasteiger partial charge < -0.3 is 5.11 Å². The van der Waals surface area contributed by atoms with Crippen LogP contribution in [0.3, 0.4) is 0 Å². The average Bonchev–Trinajstić information content (AvgIpc) is 2.77. The zero-order valence-electron chi connectivity index (χ0n) is 8.28. The zero-order chi connectivity index (χ0) is 10.2. The summed E-state index contributed by atoms with van der Waals surface area (Å²) in [4.78, 5) is 10.2. The molecule has 0 spiro atoms. The highest BCUT2D eigenvalue weighted by atomic mass is 16.4. The molecule has 1 aliphatic rings. The highest BCUT2D eigenvalue weighted by Crippen LogP contribution is 2.15. The van der Waals surface area contributed by atoms with Crippen LogP contribution in [0.5, 0.6) is 0 Å². The lowest BCUT2D eigenvalue weighted by atomic mass is 10.2. The molecule has 1 aromatic carbocycles. The van der Waals surface area contributed by atoms with E-state index < -0.39 is 5.97 Å². The van der Waals surface area contributed by atoms with Gasteiger partial charge in [-0.2, -0.15) is 0 Å². The van der Waals surface area contributed by atoms with Crippen LogP contribution in [0.1, 0.15) is 42.5 Å². The van der Waals surface area contributed by atoms with Crippen LogP contribution >= 0.6 is 0 Å². The minimum absolute atomic E-state index is 0.331. The van der Waals surface area contributed by atoms with E-state index in [2.05, 4.69) is 0 Å². The Hall–Kier alpha value is -1.31. The molecule has 1 saturated carbocycles. The molecular weight excluding hydrogens is 176 g/mol. The third-order valence-corrected chi connectivity index (χ3v) is 2.27. The van der Waals surface area contributed by atoms with Crippen LogP contribution in [-0.2, 0) is 0 Å². The third-order valence-electron chi connectivity index (χ3n) is 2.27. The van der Waals surface area contributed by atoms with Crippen molar-refractivity contribution in [1.82, 2.24) is 0 Å². The van der Waals surface area contributed by atoms with E-state index in [4.69, 9.17) is 5.11 Å². The Morgan fingerprint density at radius 2 is 1.36 bits per heavy atom. The lowest BCUT2D eigenvalue weighted by molar-refractivity contribution is 0.0697. The molecule has 0 heterocycles. The zero-order valence-corrected chi connectivity index (χ0v) is 8.28. The predicted molar refractivity (Wildman–Crippen MR) is 56.5 cm³/mol. The molecule has 14 heavy (non-hydrogen) atoms. The molecule has 76 valence electrons. The quantitative estimate of drug-likeness (QED) is 0.741. The first-order valence-electron chi connectivity index (χ1n) is 5.09. The number of hydrogen-bond donors (Lipinski definition) is 1. The van der Waals surface area contributed by atoms with E-state index in [1.807, 2.05) is 0 Å². The van der Waals surface area contributed by atoms with Crippen LogP contribution in [0.4, 0.5) is 0 Å². The van der Waals surface area contributed by atoms with Crippen molar-refractivity contribution in [1.29, 1.82) is 0 Å². The average molecular weight is 192 g/mol. The van der Waals surface area contributed by atoms with E-state index in [1.54, 1.807) is 30.3 Å². The molecule has 0 unspecified atom stereocenters. The second-order valence-corrected chi connectivity index (χ2v) is 3.44. The normalized spacial score (nSPS) is 14.3. The first kappa shape index (κ1) is 10.8. The Kier molecular flexibility index (Phi) is 4.76. The maximum Gasteiger partial charge on any atom is 0.335 e. The van der Waals surface area contributed by atoms with Crippen molar-refractivity contribution in [3.63, 3.8) is 0 Å². The van der Waals surface area contributed by atoms with Gasteiger partial charge in [-0.25, -0.2) is 4.79 Å². The van der Waals surface area contributed by atoms with Gasteiger partial charge in [-0.15, -0.1) is 0 Å². The van der Waals surface area contributed by atoms with Gasteiger partial charge in [-0.1, -0.05) is 50.3 Å². The molecule has 1 aromatic rings. The summed E-state index contributed by atoms with van der Waals surface area (Å²) in [5.41, 5.74) is 0.331. The molecule has 2 rings (SSSR count). The first-order valence-corrected chi connectivity index (χ1v) is 5.09. The van der Waals surface area contributed by atoms with Crippen LogP contribution in [0.25, 0.3) is 0 Å². The molecule has 0 radical (unpaired) electrons. The lowest BCUT2D eigenvalue weighted by Gasteiger charge is -1.88. The smallest absolute Gasteiger partial charge is 0.335 e. The van der Waals surface area contributed by atoms with Crippen molar-refractivity contribution >= 4 is 5.97 Å². The number of hydrogen-bond acceptors (Lipinski definition) is 1. The van der Waals surface area contributed by atoms with E-state index >= 15 is 0 Å². The molecule has 0 aliphatic heterocycles. The van der Waals surface area contributed by atoms with E-state index in [9.17, 15) is 4.79 Å². The summed E-state index contributed by atoms with van der Waals surface area (Å²) in [7, 11) is 0. The fourth-order valence-electron chi connectivity index (χ4n) is 1.46. The minimum atomic E-state index is -0.879. The Morgan fingerprint density at radius 1 is 0.929 bits per heavy atom. The molecule has 1 fully saturated rings. The van der Waals surface area contributed by atoms with Crippen LogP contribution in [0.15, 0.2) is 30.3 Å². The largest absolute Gasteiger partial charge is 0.478 e. The summed E-state index contributed by atoms with van der Waals surface area (Å²) in [6, 6.07) is 8.30. The van der Waals surface area contributed by atoms with Crippen molar-refractivity contribution in [2.24, 2.45) is 0 Å². The maximum absolute atomic E-state index is 10.2. The van der Waals surface area contributed by atoms with Gasteiger partial charge in [-0.05, 0) is 12.1 Å². The Balaban J connectivity index is 0.000000165. The van der Waals surface area contributed by atoms with Gasteiger partial charge >= 0.3 is 5.97 Å². The first-order chi connectivity index (χ1) is 6.80. The van der Waals surface area contributed by atoms with Gasteiger partial charge in [0, 0.05) is 0 Å². The van der Waals surface area contributed by atoms with E-state index in [0.29, 0.717) is 5.56 Å². The highest BCUT2D eigenvalue weighted by molar-refractivity contribution is 5.87. The van der Waals surface area contributed by atoms with Gasteiger partial charge in [0.15, 0.2) is 0 Å². The number of carboxylic acid groups (broad SMARTS) is 1. The Morgan fingerprint density at radius 3 is 1.64 bits per heavy atom. The molecular formula is C12H16O2. The fourth-order valence-corrected chi connectivity index (χ4v) is 1.46.